The molecular weight excluding hydrogens is 507 g/mol. The number of aliphatic hydroxyl groups excluding tert-OH is 1. The quantitative estimate of drug-likeness (QED) is 0.0825. The number of aromatic amines is 1. The third-order valence-corrected chi connectivity index (χ3v) is 7.67. The number of H-pyrrole nitrogens is 1. The van der Waals surface area contributed by atoms with E-state index in [2.05, 4.69) is 4.98 Å². The highest BCUT2D eigenvalue weighted by Crippen LogP contribution is 2.41. The van der Waals surface area contributed by atoms with Gasteiger partial charge in [-0.05, 0) is 26.2 Å². The van der Waals surface area contributed by atoms with Crippen molar-refractivity contribution in [3.05, 3.63) is 44.8 Å². The Bertz CT molecular complexity index is 913. The molecule has 0 fully saturated rings. The zero-order valence-electron chi connectivity index (χ0n) is 23.4. The normalized spacial score (nSPS) is 13.3. The predicted octanol–water partition coefficient (Wildman–Crippen LogP) is 5.46. The van der Waals surface area contributed by atoms with Gasteiger partial charge in [-0.3, -0.25) is 18.9 Å². The van der Waals surface area contributed by atoms with Crippen LogP contribution in [0.15, 0.2) is 27.9 Å². The lowest BCUT2D eigenvalue weighted by atomic mass is 10.0. The summed E-state index contributed by atoms with van der Waals surface area (Å²) in [7, 11) is -3.68. The zero-order chi connectivity index (χ0) is 27.9. The lowest BCUT2D eigenvalue weighted by molar-refractivity contribution is 0.112. The minimum Gasteiger partial charge on any atom is -0.396 e. The fourth-order valence-corrected chi connectivity index (χ4v) is 5.04. The first-order valence-corrected chi connectivity index (χ1v) is 16.2. The zero-order valence-corrected chi connectivity index (χ0v) is 24.3. The molecule has 1 heterocycles. The lowest BCUT2D eigenvalue weighted by Crippen LogP contribution is -2.30. The molecule has 10 heteroatoms. The highest BCUT2D eigenvalue weighted by Gasteiger charge is 2.16. The molecular formula is C28H51N2O7P. The maximum absolute atomic E-state index is 12.1. The summed E-state index contributed by atoms with van der Waals surface area (Å²) in [6.07, 6.45) is 22.1. The SMILES string of the molecule is Cc1cn(C/C=C/CP(=O)(O)OCCCCCCCCCCCCCCCCOCCCO)c(=O)[nH]c1=O. The van der Waals surface area contributed by atoms with E-state index in [1.807, 2.05) is 0 Å². The lowest BCUT2D eigenvalue weighted by Gasteiger charge is -2.10. The fourth-order valence-electron chi connectivity index (χ4n) is 4.11. The molecule has 0 saturated heterocycles. The number of nitrogens with one attached hydrogen (secondary N) is 1. The van der Waals surface area contributed by atoms with Crippen molar-refractivity contribution in [3.8, 4) is 0 Å². The first kappa shape index (κ1) is 34.5. The number of hydrogen-bond donors (Lipinski definition) is 3. The van der Waals surface area contributed by atoms with Crippen molar-refractivity contribution < 1.29 is 23.8 Å². The average Bonchev–Trinajstić information content (AvgIpc) is 2.88. The maximum Gasteiger partial charge on any atom is 0.331 e. The Morgan fingerprint density at radius 3 is 1.87 bits per heavy atom. The van der Waals surface area contributed by atoms with Crippen molar-refractivity contribution in [1.82, 2.24) is 9.55 Å². The monoisotopic (exact) mass is 558 g/mol. The van der Waals surface area contributed by atoms with E-state index in [9.17, 15) is 19.0 Å². The molecule has 0 spiro atoms. The Kier molecular flexibility index (Phi) is 20.3. The molecule has 220 valence electrons. The third-order valence-electron chi connectivity index (χ3n) is 6.42. The topological polar surface area (TPSA) is 131 Å². The number of allylic oxidation sites excluding steroid dienone is 2. The van der Waals surface area contributed by atoms with Crippen LogP contribution in [0.5, 0.6) is 0 Å². The van der Waals surface area contributed by atoms with Gasteiger partial charge >= 0.3 is 13.3 Å². The van der Waals surface area contributed by atoms with Gasteiger partial charge in [0.2, 0.25) is 0 Å². The number of unbranched alkanes of at least 4 members (excludes halogenated alkanes) is 13. The smallest absolute Gasteiger partial charge is 0.331 e. The molecule has 38 heavy (non-hydrogen) atoms. The van der Waals surface area contributed by atoms with Gasteiger partial charge in [-0.1, -0.05) is 89.2 Å². The summed E-state index contributed by atoms with van der Waals surface area (Å²) in [5.41, 5.74) is -0.490. The summed E-state index contributed by atoms with van der Waals surface area (Å²) in [6.45, 7) is 3.80. The van der Waals surface area contributed by atoms with Gasteiger partial charge in [0.25, 0.3) is 5.56 Å². The molecule has 0 radical (unpaired) electrons. The van der Waals surface area contributed by atoms with E-state index >= 15 is 0 Å². The minimum absolute atomic E-state index is 0.106. The van der Waals surface area contributed by atoms with Crippen LogP contribution in [0.25, 0.3) is 0 Å². The van der Waals surface area contributed by atoms with Gasteiger partial charge in [0, 0.05) is 38.1 Å². The third kappa shape index (κ3) is 18.7. The summed E-state index contributed by atoms with van der Waals surface area (Å²) in [5.74, 6) is 0. The molecule has 1 aromatic rings. The molecule has 0 aliphatic heterocycles. The van der Waals surface area contributed by atoms with Crippen LogP contribution >= 0.6 is 7.60 Å². The standard InChI is InChI=1S/C28H51N2O7P/c1-26-25-30(28(33)29-27(26)32)19-14-17-24-38(34,35)37-23-16-13-11-9-7-5-3-2-4-6-8-10-12-15-21-36-22-18-20-31/h14,17,25,31H,2-13,15-16,18-24H2,1H3,(H,34,35)(H,29,32,33)/b17-14+. The molecule has 1 aromatic heterocycles. The van der Waals surface area contributed by atoms with Crippen LogP contribution in [0, 0.1) is 6.92 Å². The first-order chi connectivity index (χ1) is 18.4. The number of aryl methyl sites for hydroxylation is 1. The predicted molar refractivity (Wildman–Crippen MR) is 153 cm³/mol. The first-order valence-electron chi connectivity index (χ1n) is 14.5. The number of aromatic nitrogens is 2. The second kappa shape index (κ2) is 22.3. The summed E-state index contributed by atoms with van der Waals surface area (Å²) >= 11 is 0. The molecule has 0 aliphatic carbocycles. The van der Waals surface area contributed by atoms with Gasteiger partial charge in [0.1, 0.15) is 0 Å². The molecule has 1 unspecified atom stereocenters. The largest absolute Gasteiger partial charge is 0.396 e. The molecule has 9 nitrogen and oxygen atoms in total. The van der Waals surface area contributed by atoms with Gasteiger partial charge < -0.3 is 19.3 Å². The molecule has 0 saturated carbocycles. The fraction of sp³-hybridized carbons (Fsp3) is 0.786. The Morgan fingerprint density at radius 2 is 1.32 bits per heavy atom. The second-order valence-electron chi connectivity index (χ2n) is 9.99. The van der Waals surface area contributed by atoms with E-state index in [1.54, 1.807) is 13.0 Å². The molecule has 1 rings (SSSR count). The van der Waals surface area contributed by atoms with E-state index in [-0.39, 0.29) is 25.9 Å². The van der Waals surface area contributed by atoms with Gasteiger partial charge in [0.05, 0.1) is 12.8 Å². The summed E-state index contributed by atoms with van der Waals surface area (Å²) in [5, 5.41) is 8.68. The van der Waals surface area contributed by atoms with E-state index in [4.69, 9.17) is 14.4 Å². The Hall–Kier alpha value is -1.51. The summed E-state index contributed by atoms with van der Waals surface area (Å²) in [6, 6.07) is 0. The highest BCUT2D eigenvalue weighted by molar-refractivity contribution is 7.53. The second-order valence-corrected chi connectivity index (χ2v) is 11.9. The number of hydrogen-bond acceptors (Lipinski definition) is 6. The minimum atomic E-state index is -3.68. The number of rotatable bonds is 25. The molecule has 1 atom stereocenters. The molecule has 0 bridgehead atoms. The van der Waals surface area contributed by atoms with Gasteiger partial charge in [0.15, 0.2) is 0 Å². The van der Waals surface area contributed by atoms with Crippen LogP contribution in [0.1, 0.15) is 102 Å². The summed E-state index contributed by atoms with van der Waals surface area (Å²) < 4.78 is 24.1. The number of ether oxygens (including phenoxy) is 1. The van der Waals surface area contributed by atoms with Crippen LogP contribution in [-0.4, -0.2) is 52.1 Å². The van der Waals surface area contributed by atoms with E-state index in [0.717, 1.165) is 38.7 Å². The van der Waals surface area contributed by atoms with Crippen molar-refractivity contribution in [2.24, 2.45) is 0 Å². The number of nitrogens with zero attached hydrogens (tertiary/aromatic N) is 1. The van der Waals surface area contributed by atoms with E-state index in [1.165, 1.54) is 81.0 Å². The molecule has 0 aliphatic rings. The van der Waals surface area contributed by atoms with Crippen molar-refractivity contribution in [1.29, 1.82) is 0 Å². The van der Waals surface area contributed by atoms with Gasteiger partial charge in [-0.15, -0.1) is 0 Å². The molecule has 0 amide bonds. The van der Waals surface area contributed by atoms with Crippen LogP contribution in [-0.2, 0) is 20.4 Å². The van der Waals surface area contributed by atoms with E-state index in [0.29, 0.717) is 12.2 Å². The van der Waals surface area contributed by atoms with Crippen molar-refractivity contribution in [3.63, 3.8) is 0 Å². The van der Waals surface area contributed by atoms with Crippen molar-refractivity contribution >= 4 is 7.60 Å². The van der Waals surface area contributed by atoms with Crippen molar-refractivity contribution in [2.75, 3.05) is 32.6 Å². The number of aliphatic hydroxyl groups is 1. The molecule has 0 aromatic carbocycles. The van der Waals surface area contributed by atoms with Crippen LogP contribution in [0.3, 0.4) is 0 Å². The van der Waals surface area contributed by atoms with Crippen LogP contribution in [0.4, 0.5) is 0 Å². The van der Waals surface area contributed by atoms with Crippen LogP contribution < -0.4 is 11.2 Å². The average molecular weight is 559 g/mol. The Morgan fingerprint density at radius 1 is 0.816 bits per heavy atom. The summed E-state index contributed by atoms with van der Waals surface area (Å²) in [4.78, 5) is 35.3. The van der Waals surface area contributed by atoms with Crippen LogP contribution in [0.2, 0.25) is 0 Å². The Labute approximate surface area is 228 Å². The van der Waals surface area contributed by atoms with Gasteiger partial charge in [-0.25, -0.2) is 4.79 Å². The maximum atomic E-state index is 12.1. The molecule has 3 N–H and O–H groups in total. The van der Waals surface area contributed by atoms with Gasteiger partial charge in [-0.2, -0.15) is 0 Å². The van der Waals surface area contributed by atoms with Crippen molar-refractivity contribution in [2.45, 2.75) is 110 Å². The Balaban J connectivity index is 1.90. The van der Waals surface area contributed by atoms with E-state index < -0.39 is 18.8 Å². The highest BCUT2D eigenvalue weighted by atomic mass is 31.2.